The molecule has 5 heteroatoms. The van der Waals surface area contributed by atoms with E-state index < -0.39 is 9.84 Å². The average molecular weight is 245 g/mol. The number of hydrogen-bond donors (Lipinski definition) is 0. The molecule has 0 saturated carbocycles. The molecule has 1 aromatic carbocycles. The predicted octanol–water partition coefficient (Wildman–Crippen LogP) is 2.63. The fourth-order valence-corrected chi connectivity index (χ4v) is 2.56. The number of hydrogen-bond acceptors (Lipinski definition) is 3. The van der Waals surface area contributed by atoms with Crippen molar-refractivity contribution in [3.63, 3.8) is 0 Å². The Bertz CT molecular complexity index is 598. The van der Waals surface area contributed by atoms with Crippen LogP contribution in [0.25, 0.3) is 11.0 Å². The summed E-state index contributed by atoms with van der Waals surface area (Å²) in [6.45, 7) is 0. The summed E-state index contributed by atoms with van der Waals surface area (Å²) >= 11 is 5.98. The second-order valence-corrected chi connectivity index (χ2v) is 5.99. The number of benzene rings is 1. The van der Waals surface area contributed by atoms with Crippen molar-refractivity contribution in [1.82, 2.24) is 0 Å². The van der Waals surface area contributed by atoms with Crippen molar-refractivity contribution in [3.05, 3.63) is 35.0 Å². The summed E-state index contributed by atoms with van der Waals surface area (Å²) in [7, 11) is -3.07. The van der Waals surface area contributed by atoms with Crippen LogP contribution in [0.5, 0.6) is 0 Å². The number of sulfone groups is 1. The molecule has 1 aromatic heterocycles. The summed E-state index contributed by atoms with van der Waals surface area (Å²) in [5.41, 5.74) is 1.22. The first-order valence-corrected chi connectivity index (χ1v) is 6.73. The summed E-state index contributed by atoms with van der Waals surface area (Å²) in [4.78, 5) is 0. The third kappa shape index (κ3) is 2.16. The highest BCUT2D eigenvalue weighted by Crippen LogP contribution is 2.29. The zero-order valence-corrected chi connectivity index (χ0v) is 9.60. The van der Waals surface area contributed by atoms with Gasteiger partial charge in [0.05, 0.1) is 17.0 Å². The van der Waals surface area contributed by atoms with E-state index in [0.29, 0.717) is 21.6 Å². The highest BCUT2D eigenvalue weighted by atomic mass is 35.5. The van der Waals surface area contributed by atoms with Crippen LogP contribution >= 0.6 is 11.6 Å². The molecule has 1 heterocycles. The lowest BCUT2D eigenvalue weighted by Crippen LogP contribution is -1.99. The van der Waals surface area contributed by atoms with Crippen molar-refractivity contribution < 1.29 is 12.8 Å². The molecule has 0 radical (unpaired) electrons. The molecule has 2 rings (SSSR count). The van der Waals surface area contributed by atoms with E-state index in [1.807, 2.05) is 0 Å². The molecular weight excluding hydrogens is 236 g/mol. The van der Waals surface area contributed by atoms with Crippen LogP contribution in [0.15, 0.2) is 28.9 Å². The highest BCUT2D eigenvalue weighted by molar-refractivity contribution is 7.89. The zero-order valence-electron chi connectivity index (χ0n) is 8.03. The SMILES string of the molecule is CS(=O)(=O)Cc1coc2cccc(Cl)c12. The summed E-state index contributed by atoms with van der Waals surface area (Å²) in [6.07, 6.45) is 2.63. The van der Waals surface area contributed by atoms with Gasteiger partial charge >= 0.3 is 0 Å². The number of furan rings is 1. The van der Waals surface area contributed by atoms with Crippen molar-refractivity contribution in [3.8, 4) is 0 Å². The van der Waals surface area contributed by atoms with Gasteiger partial charge in [0.15, 0.2) is 9.84 Å². The van der Waals surface area contributed by atoms with Crippen molar-refractivity contribution >= 4 is 32.4 Å². The fraction of sp³-hybridized carbons (Fsp3) is 0.200. The second kappa shape index (κ2) is 3.54. The molecular formula is C10H9ClO3S. The van der Waals surface area contributed by atoms with Crippen molar-refractivity contribution in [2.45, 2.75) is 5.75 Å². The summed E-state index contributed by atoms with van der Waals surface area (Å²) in [5, 5.41) is 1.20. The smallest absolute Gasteiger partial charge is 0.151 e. The first-order valence-electron chi connectivity index (χ1n) is 4.30. The van der Waals surface area contributed by atoms with E-state index in [1.165, 1.54) is 12.5 Å². The molecule has 0 spiro atoms. The maximum atomic E-state index is 11.2. The topological polar surface area (TPSA) is 47.3 Å². The van der Waals surface area contributed by atoms with E-state index in [1.54, 1.807) is 18.2 Å². The standard InChI is InChI=1S/C10H9ClO3S/c1-15(12,13)6-7-5-14-9-4-2-3-8(11)10(7)9/h2-5H,6H2,1H3. The molecule has 80 valence electrons. The van der Waals surface area contributed by atoms with Gasteiger partial charge in [0.2, 0.25) is 0 Å². The molecule has 0 aliphatic rings. The molecule has 0 bridgehead atoms. The third-order valence-electron chi connectivity index (χ3n) is 2.04. The first kappa shape index (κ1) is 10.5. The maximum Gasteiger partial charge on any atom is 0.151 e. The normalized spacial score (nSPS) is 12.1. The molecule has 0 amide bonds. The van der Waals surface area contributed by atoms with Gasteiger partial charge in [-0.15, -0.1) is 0 Å². The van der Waals surface area contributed by atoms with Gasteiger partial charge in [0.1, 0.15) is 5.58 Å². The summed E-state index contributed by atoms with van der Waals surface area (Å²) in [6, 6.07) is 5.23. The molecule has 0 saturated heterocycles. The molecule has 3 nitrogen and oxygen atoms in total. The van der Waals surface area contributed by atoms with Gasteiger partial charge in [-0.1, -0.05) is 17.7 Å². The van der Waals surface area contributed by atoms with Crippen molar-refractivity contribution in [2.24, 2.45) is 0 Å². The lowest BCUT2D eigenvalue weighted by Gasteiger charge is -1.97. The van der Waals surface area contributed by atoms with Gasteiger partial charge in [-0.2, -0.15) is 0 Å². The van der Waals surface area contributed by atoms with E-state index in [9.17, 15) is 8.42 Å². The van der Waals surface area contributed by atoms with Crippen LogP contribution in [-0.2, 0) is 15.6 Å². The lowest BCUT2D eigenvalue weighted by atomic mass is 10.2. The Hall–Kier alpha value is -1.00. The molecule has 0 aliphatic carbocycles. The van der Waals surface area contributed by atoms with E-state index in [2.05, 4.69) is 0 Å². The molecule has 0 aliphatic heterocycles. The minimum absolute atomic E-state index is 0.0519. The highest BCUT2D eigenvalue weighted by Gasteiger charge is 2.13. The Morgan fingerprint density at radius 1 is 1.40 bits per heavy atom. The quantitative estimate of drug-likeness (QED) is 0.816. The van der Waals surface area contributed by atoms with Gasteiger partial charge in [-0.25, -0.2) is 8.42 Å². The maximum absolute atomic E-state index is 11.2. The number of fused-ring (bicyclic) bond motifs is 1. The Kier molecular flexibility index (Phi) is 2.48. The van der Waals surface area contributed by atoms with Crippen LogP contribution < -0.4 is 0 Å². The Balaban J connectivity index is 2.63. The van der Waals surface area contributed by atoms with Crippen LogP contribution in [-0.4, -0.2) is 14.7 Å². The van der Waals surface area contributed by atoms with Crippen molar-refractivity contribution in [2.75, 3.05) is 6.26 Å². The van der Waals surface area contributed by atoms with Crippen molar-refractivity contribution in [1.29, 1.82) is 0 Å². The Morgan fingerprint density at radius 2 is 2.13 bits per heavy atom. The average Bonchev–Trinajstić information content (AvgIpc) is 2.47. The minimum atomic E-state index is -3.07. The van der Waals surface area contributed by atoms with Crippen LogP contribution in [0.4, 0.5) is 0 Å². The number of halogens is 1. The van der Waals surface area contributed by atoms with Gasteiger partial charge in [-0.3, -0.25) is 0 Å². The van der Waals surface area contributed by atoms with E-state index in [-0.39, 0.29) is 5.75 Å². The van der Waals surface area contributed by atoms with Crippen LogP contribution in [0.2, 0.25) is 5.02 Å². The van der Waals surface area contributed by atoms with E-state index in [0.717, 1.165) is 0 Å². The van der Waals surface area contributed by atoms with Crippen LogP contribution in [0.3, 0.4) is 0 Å². The largest absolute Gasteiger partial charge is 0.464 e. The van der Waals surface area contributed by atoms with Gasteiger partial charge in [-0.05, 0) is 12.1 Å². The van der Waals surface area contributed by atoms with Gasteiger partial charge in [0.25, 0.3) is 0 Å². The lowest BCUT2D eigenvalue weighted by molar-refractivity contribution is 0.596. The van der Waals surface area contributed by atoms with E-state index >= 15 is 0 Å². The molecule has 2 aromatic rings. The fourth-order valence-electron chi connectivity index (χ4n) is 1.50. The zero-order chi connectivity index (χ0) is 11.1. The molecule has 0 unspecified atom stereocenters. The number of rotatable bonds is 2. The molecule has 0 N–H and O–H groups in total. The third-order valence-corrected chi connectivity index (χ3v) is 3.19. The van der Waals surface area contributed by atoms with Crippen LogP contribution in [0.1, 0.15) is 5.56 Å². The Morgan fingerprint density at radius 3 is 2.80 bits per heavy atom. The molecule has 0 fully saturated rings. The summed E-state index contributed by atoms with van der Waals surface area (Å²) < 4.78 is 27.6. The first-order chi connectivity index (χ1) is 6.97. The minimum Gasteiger partial charge on any atom is -0.464 e. The molecule has 15 heavy (non-hydrogen) atoms. The Labute approximate surface area is 92.6 Å². The van der Waals surface area contributed by atoms with Gasteiger partial charge < -0.3 is 4.42 Å². The second-order valence-electron chi connectivity index (χ2n) is 3.44. The van der Waals surface area contributed by atoms with E-state index in [4.69, 9.17) is 16.0 Å². The summed E-state index contributed by atoms with van der Waals surface area (Å²) in [5.74, 6) is -0.0519. The molecule has 0 atom stereocenters. The van der Waals surface area contributed by atoms with Crippen LogP contribution in [0, 0.1) is 0 Å². The monoisotopic (exact) mass is 244 g/mol. The van der Waals surface area contributed by atoms with Gasteiger partial charge in [0, 0.05) is 17.2 Å². The predicted molar refractivity (Wildman–Crippen MR) is 59.8 cm³/mol.